The molecule has 0 unspecified atom stereocenters. The van der Waals surface area contributed by atoms with Gasteiger partial charge >= 0.3 is 5.97 Å². The molecule has 0 aliphatic rings. The lowest BCUT2D eigenvalue weighted by Crippen LogP contribution is -2.08. The van der Waals surface area contributed by atoms with E-state index in [0.717, 1.165) is 6.08 Å². The van der Waals surface area contributed by atoms with Gasteiger partial charge < -0.3 is 18.9 Å². The molecule has 0 bridgehead atoms. The van der Waals surface area contributed by atoms with E-state index >= 15 is 0 Å². The van der Waals surface area contributed by atoms with Crippen molar-refractivity contribution in [2.24, 2.45) is 0 Å². The fourth-order valence-corrected chi connectivity index (χ4v) is 1.58. The first-order chi connectivity index (χ1) is 11.1. The summed E-state index contributed by atoms with van der Waals surface area (Å²) in [6, 6.07) is 4.21. The number of esters is 1. The molecule has 0 aliphatic heterocycles. The van der Waals surface area contributed by atoms with Crippen molar-refractivity contribution < 1.29 is 28.7 Å². The third-order valence-corrected chi connectivity index (χ3v) is 2.62. The van der Waals surface area contributed by atoms with Crippen LogP contribution >= 0.6 is 0 Å². The molecule has 1 aromatic carbocycles. The zero-order valence-electron chi connectivity index (χ0n) is 13.0. The van der Waals surface area contributed by atoms with Gasteiger partial charge in [-0.2, -0.15) is 0 Å². The van der Waals surface area contributed by atoms with Crippen LogP contribution in [0, 0.1) is 10.1 Å². The van der Waals surface area contributed by atoms with E-state index in [1.165, 1.54) is 24.3 Å². The molecule has 0 saturated carbocycles. The summed E-state index contributed by atoms with van der Waals surface area (Å²) in [7, 11) is 1.56. The SMILES string of the molecule is CCOC(=O)/C=C/c1cc(OCOCCOC)ccc1[N+](=O)[O-]. The second kappa shape index (κ2) is 10.3. The van der Waals surface area contributed by atoms with Crippen molar-refractivity contribution in [2.75, 3.05) is 33.7 Å². The summed E-state index contributed by atoms with van der Waals surface area (Å²) < 4.78 is 20.0. The minimum Gasteiger partial charge on any atom is -0.468 e. The van der Waals surface area contributed by atoms with Gasteiger partial charge in [-0.15, -0.1) is 0 Å². The average molecular weight is 325 g/mol. The Labute approximate surface area is 133 Å². The van der Waals surface area contributed by atoms with Gasteiger partial charge in [-0.05, 0) is 25.1 Å². The number of ether oxygens (including phenoxy) is 4. The molecule has 0 amide bonds. The van der Waals surface area contributed by atoms with Gasteiger partial charge in [0.1, 0.15) is 5.75 Å². The summed E-state index contributed by atoms with van der Waals surface area (Å²) in [5.41, 5.74) is 0.0932. The van der Waals surface area contributed by atoms with Crippen molar-refractivity contribution >= 4 is 17.7 Å². The highest BCUT2D eigenvalue weighted by Gasteiger charge is 2.13. The van der Waals surface area contributed by atoms with Crippen LogP contribution in [0.3, 0.4) is 0 Å². The second-order valence-corrected chi connectivity index (χ2v) is 4.23. The van der Waals surface area contributed by atoms with Crippen LogP contribution in [0.15, 0.2) is 24.3 Å². The van der Waals surface area contributed by atoms with Crippen LogP contribution in [-0.4, -0.2) is 44.6 Å². The van der Waals surface area contributed by atoms with Crippen LogP contribution in [0.25, 0.3) is 6.08 Å². The molecule has 8 nitrogen and oxygen atoms in total. The average Bonchev–Trinajstić information content (AvgIpc) is 2.53. The second-order valence-electron chi connectivity index (χ2n) is 4.23. The van der Waals surface area contributed by atoms with Crippen molar-refractivity contribution in [3.05, 3.63) is 40.0 Å². The topological polar surface area (TPSA) is 97.1 Å². The maximum atomic E-state index is 11.3. The van der Waals surface area contributed by atoms with E-state index < -0.39 is 10.9 Å². The van der Waals surface area contributed by atoms with E-state index in [9.17, 15) is 14.9 Å². The number of nitro benzene ring substituents is 1. The quantitative estimate of drug-likeness (QED) is 0.162. The zero-order chi connectivity index (χ0) is 17.1. The number of carbonyl (C=O) groups excluding carboxylic acids is 1. The Kier molecular flexibility index (Phi) is 8.33. The highest BCUT2D eigenvalue weighted by atomic mass is 16.7. The van der Waals surface area contributed by atoms with E-state index in [-0.39, 0.29) is 24.7 Å². The van der Waals surface area contributed by atoms with Gasteiger partial charge in [0, 0.05) is 19.3 Å². The van der Waals surface area contributed by atoms with Crippen LogP contribution in [0.5, 0.6) is 5.75 Å². The Hall–Kier alpha value is -2.45. The van der Waals surface area contributed by atoms with Crippen LogP contribution in [0.2, 0.25) is 0 Å². The molecule has 0 fully saturated rings. The van der Waals surface area contributed by atoms with Crippen molar-refractivity contribution in [1.29, 1.82) is 0 Å². The zero-order valence-corrected chi connectivity index (χ0v) is 13.0. The number of nitrogens with zero attached hydrogens (tertiary/aromatic N) is 1. The summed E-state index contributed by atoms with van der Waals surface area (Å²) in [5.74, 6) is -0.187. The van der Waals surface area contributed by atoms with Gasteiger partial charge in [-0.1, -0.05) is 0 Å². The van der Waals surface area contributed by atoms with E-state index in [1.807, 2.05) is 0 Å². The molecule has 1 rings (SSSR count). The molecule has 0 spiro atoms. The number of rotatable bonds is 10. The van der Waals surface area contributed by atoms with Crippen molar-refractivity contribution in [2.45, 2.75) is 6.92 Å². The molecule has 0 aliphatic carbocycles. The first-order valence-corrected chi connectivity index (χ1v) is 6.91. The van der Waals surface area contributed by atoms with E-state index in [0.29, 0.717) is 19.0 Å². The van der Waals surface area contributed by atoms with Crippen molar-refractivity contribution in [1.82, 2.24) is 0 Å². The largest absolute Gasteiger partial charge is 0.468 e. The Balaban J connectivity index is 2.78. The molecule has 0 saturated heterocycles. The number of carbonyl (C=O) groups is 1. The highest BCUT2D eigenvalue weighted by Crippen LogP contribution is 2.25. The third kappa shape index (κ3) is 6.90. The smallest absolute Gasteiger partial charge is 0.330 e. The van der Waals surface area contributed by atoms with Gasteiger partial charge in [0.2, 0.25) is 0 Å². The molecule has 1 aromatic rings. The first-order valence-electron chi connectivity index (χ1n) is 6.91. The maximum absolute atomic E-state index is 11.3. The summed E-state index contributed by atoms with van der Waals surface area (Å²) in [5, 5.41) is 11.0. The molecule has 8 heteroatoms. The summed E-state index contributed by atoms with van der Waals surface area (Å²) >= 11 is 0. The minimum absolute atomic E-state index is 0.0117. The summed E-state index contributed by atoms with van der Waals surface area (Å²) in [4.78, 5) is 21.8. The molecule has 126 valence electrons. The molecule has 0 heterocycles. The first kappa shape index (κ1) is 18.6. The van der Waals surface area contributed by atoms with Gasteiger partial charge in [-0.3, -0.25) is 10.1 Å². The Morgan fingerprint density at radius 3 is 2.78 bits per heavy atom. The minimum atomic E-state index is -0.573. The summed E-state index contributed by atoms with van der Waals surface area (Å²) in [6.07, 6.45) is 2.44. The standard InChI is InChI=1S/C15H19NO7/c1-3-22-15(17)7-4-12-10-13(5-6-14(12)16(18)19)23-11-21-9-8-20-2/h4-7,10H,3,8-9,11H2,1-2H3/b7-4+. The van der Waals surface area contributed by atoms with Gasteiger partial charge in [0.05, 0.1) is 30.3 Å². The molecular weight excluding hydrogens is 306 g/mol. The molecule has 0 radical (unpaired) electrons. The molecule has 0 aromatic heterocycles. The number of nitro groups is 1. The fraction of sp³-hybridized carbons (Fsp3) is 0.400. The number of methoxy groups -OCH3 is 1. The van der Waals surface area contributed by atoms with Crippen LogP contribution in [0.1, 0.15) is 12.5 Å². The fourth-order valence-electron chi connectivity index (χ4n) is 1.58. The summed E-state index contributed by atoms with van der Waals surface area (Å²) in [6.45, 7) is 2.71. The van der Waals surface area contributed by atoms with E-state index in [2.05, 4.69) is 0 Å². The Morgan fingerprint density at radius 2 is 2.13 bits per heavy atom. The van der Waals surface area contributed by atoms with Gasteiger partial charge in [0.15, 0.2) is 6.79 Å². The number of hydrogen-bond donors (Lipinski definition) is 0. The van der Waals surface area contributed by atoms with Crippen LogP contribution in [-0.2, 0) is 19.0 Å². The van der Waals surface area contributed by atoms with E-state index in [1.54, 1.807) is 14.0 Å². The van der Waals surface area contributed by atoms with Crippen LogP contribution < -0.4 is 4.74 Å². The third-order valence-electron chi connectivity index (χ3n) is 2.62. The highest BCUT2D eigenvalue weighted by molar-refractivity contribution is 5.88. The molecule has 0 N–H and O–H groups in total. The lowest BCUT2D eigenvalue weighted by molar-refractivity contribution is -0.385. The maximum Gasteiger partial charge on any atom is 0.330 e. The lowest BCUT2D eigenvalue weighted by Gasteiger charge is -2.08. The van der Waals surface area contributed by atoms with Crippen molar-refractivity contribution in [3.8, 4) is 5.75 Å². The normalized spacial score (nSPS) is 10.7. The lowest BCUT2D eigenvalue weighted by atomic mass is 10.1. The van der Waals surface area contributed by atoms with Gasteiger partial charge in [0.25, 0.3) is 5.69 Å². The molecule has 23 heavy (non-hydrogen) atoms. The van der Waals surface area contributed by atoms with Crippen LogP contribution in [0.4, 0.5) is 5.69 Å². The number of hydrogen-bond acceptors (Lipinski definition) is 7. The monoisotopic (exact) mass is 325 g/mol. The van der Waals surface area contributed by atoms with E-state index in [4.69, 9.17) is 18.9 Å². The van der Waals surface area contributed by atoms with Crippen molar-refractivity contribution in [3.63, 3.8) is 0 Å². The predicted molar refractivity (Wildman–Crippen MR) is 82.1 cm³/mol. The number of benzene rings is 1. The molecule has 0 atom stereocenters. The van der Waals surface area contributed by atoms with Gasteiger partial charge in [-0.25, -0.2) is 4.79 Å². The Morgan fingerprint density at radius 1 is 1.35 bits per heavy atom. The Bertz CT molecular complexity index is 557. The molecular formula is C15H19NO7. The predicted octanol–water partition coefficient (Wildman–Crippen LogP) is 2.17.